The fraction of sp³-hybridized carbons (Fsp3) is 0.667. The number of nitrogens with zero attached hydrogens (tertiary/aromatic N) is 2. The maximum Gasteiger partial charge on any atom is 0.0632 e. The molecule has 0 unspecified atom stereocenters. The van der Waals surface area contributed by atoms with Gasteiger partial charge in [0.2, 0.25) is 0 Å². The van der Waals surface area contributed by atoms with E-state index in [0.29, 0.717) is 12.1 Å². The molecule has 72 valence electrons. The molecule has 3 nitrogen and oxygen atoms in total. The molecule has 0 amide bonds. The van der Waals surface area contributed by atoms with Crippen molar-refractivity contribution in [2.75, 3.05) is 0 Å². The van der Waals surface area contributed by atoms with Crippen molar-refractivity contribution < 1.29 is 0 Å². The van der Waals surface area contributed by atoms with Gasteiger partial charge in [0.25, 0.3) is 0 Å². The van der Waals surface area contributed by atoms with Crippen LogP contribution in [0.25, 0.3) is 0 Å². The van der Waals surface area contributed by atoms with E-state index in [1.165, 1.54) is 0 Å². The maximum atomic E-state index is 5.84. The van der Waals surface area contributed by atoms with Crippen LogP contribution >= 0.6 is 15.9 Å². The summed E-state index contributed by atoms with van der Waals surface area (Å²) < 4.78 is 3.11. The molecule has 0 radical (unpaired) electrons. The van der Waals surface area contributed by atoms with Crippen LogP contribution < -0.4 is 5.73 Å². The predicted octanol–water partition coefficient (Wildman–Crippen LogP) is 2.09. The summed E-state index contributed by atoms with van der Waals surface area (Å²) in [6.07, 6.45) is 8.46. The highest BCUT2D eigenvalue weighted by Gasteiger charge is 2.20. The van der Waals surface area contributed by atoms with Gasteiger partial charge in [-0.25, -0.2) is 0 Å². The van der Waals surface area contributed by atoms with Crippen LogP contribution in [0.3, 0.4) is 0 Å². The highest BCUT2D eigenvalue weighted by molar-refractivity contribution is 9.10. The second-order valence-corrected chi connectivity index (χ2v) is 4.62. The molecule has 1 heterocycles. The van der Waals surface area contributed by atoms with Crippen molar-refractivity contribution in [2.24, 2.45) is 5.73 Å². The Balaban J connectivity index is 2.02. The highest BCUT2D eigenvalue weighted by atomic mass is 79.9. The Hall–Kier alpha value is -0.350. The van der Waals surface area contributed by atoms with Gasteiger partial charge in [0.15, 0.2) is 0 Å². The van der Waals surface area contributed by atoms with E-state index in [1.807, 2.05) is 12.4 Å². The summed E-state index contributed by atoms with van der Waals surface area (Å²) in [6, 6.07) is 0.973. The van der Waals surface area contributed by atoms with Gasteiger partial charge in [-0.15, -0.1) is 0 Å². The average Bonchev–Trinajstić information content (AvgIpc) is 2.53. The lowest BCUT2D eigenvalue weighted by molar-refractivity contribution is 0.304. The Morgan fingerprint density at radius 2 is 2.08 bits per heavy atom. The van der Waals surface area contributed by atoms with Crippen LogP contribution in [0, 0.1) is 0 Å². The molecule has 0 aromatic carbocycles. The molecule has 2 N–H and O–H groups in total. The molecule has 1 aliphatic rings. The first kappa shape index (κ1) is 9.21. The standard InChI is InChI=1S/C9H14BrN3/c10-7-5-12-13(6-7)9-3-1-8(11)2-4-9/h5-6,8-9H,1-4,11H2. The number of halogens is 1. The molecule has 1 aromatic heterocycles. The van der Waals surface area contributed by atoms with E-state index < -0.39 is 0 Å². The fourth-order valence-corrected chi connectivity index (χ4v) is 2.18. The lowest BCUT2D eigenvalue weighted by atomic mass is 9.92. The number of nitrogens with two attached hydrogens (primary N) is 1. The second-order valence-electron chi connectivity index (χ2n) is 3.71. The predicted molar refractivity (Wildman–Crippen MR) is 55.4 cm³/mol. The zero-order valence-corrected chi connectivity index (χ0v) is 9.07. The van der Waals surface area contributed by atoms with E-state index >= 15 is 0 Å². The molecular formula is C9H14BrN3. The Morgan fingerprint density at radius 3 is 2.62 bits per heavy atom. The highest BCUT2D eigenvalue weighted by Crippen LogP contribution is 2.27. The van der Waals surface area contributed by atoms with E-state index in [1.54, 1.807) is 0 Å². The van der Waals surface area contributed by atoms with E-state index in [4.69, 9.17) is 5.73 Å². The maximum absolute atomic E-state index is 5.84. The number of aromatic nitrogens is 2. The van der Waals surface area contributed by atoms with Gasteiger partial charge in [-0.2, -0.15) is 5.10 Å². The van der Waals surface area contributed by atoms with Crippen molar-refractivity contribution in [2.45, 2.75) is 37.8 Å². The van der Waals surface area contributed by atoms with Crippen LogP contribution in [-0.4, -0.2) is 15.8 Å². The Kier molecular flexibility index (Phi) is 2.69. The van der Waals surface area contributed by atoms with Crippen molar-refractivity contribution in [3.8, 4) is 0 Å². The van der Waals surface area contributed by atoms with Crippen molar-refractivity contribution in [1.29, 1.82) is 0 Å². The van der Waals surface area contributed by atoms with Gasteiger partial charge in [0.1, 0.15) is 0 Å². The minimum Gasteiger partial charge on any atom is -0.328 e. The molecule has 0 aliphatic heterocycles. The van der Waals surface area contributed by atoms with Crippen molar-refractivity contribution >= 4 is 15.9 Å². The van der Waals surface area contributed by atoms with Gasteiger partial charge in [-0.1, -0.05) is 0 Å². The molecule has 1 aromatic rings. The first-order valence-electron chi connectivity index (χ1n) is 4.71. The lowest BCUT2D eigenvalue weighted by Crippen LogP contribution is -2.27. The van der Waals surface area contributed by atoms with Crippen LogP contribution in [0.2, 0.25) is 0 Å². The van der Waals surface area contributed by atoms with E-state index in [9.17, 15) is 0 Å². The number of hydrogen-bond acceptors (Lipinski definition) is 2. The summed E-state index contributed by atoms with van der Waals surface area (Å²) in [5.74, 6) is 0. The molecular weight excluding hydrogens is 230 g/mol. The van der Waals surface area contributed by atoms with E-state index in [0.717, 1.165) is 30.2 Å². The smallest absolute Gasteiger partial charge is 0.0632 e. The summed E-state index contributed by atoms with van der Waals surface area (Å²) in [6.45, 7) is 0. The molecule has 1 saturated carbocycles. The van der Waals surface area contributed by atoms with Crippen LogP contribution in [-0.2, 0) is 0 Å². The third-order valence-corrected chi connectivity index (χ3v) is 3.09. The van der Waals surface area contributed by atoms with Crippen LogP contribution in [0.5, 0.6) is 0 Å². The fourth-order valence-electron chi connectivity index (χ4n) is 1.88. The first-order valence-corrected chi connectivity index (χ1v) is 5.50. The van der Waals surface area contributed by atoms with Gasteiger partial charge in [0, 0.05) is 12.2 Å². The van der Waals surface area contributed by atoms with Crippen LogP contribution in [0.1, 0.15) is 31.7 Å². The monoisotopic (exact) mass is 243 g/mol. The normalized spacial score (nSPS) is 29.1. The van der Waals surface area contributed by atoms with Crippen LogP contribution in [0.15, 0.2) is 16.9 Å². The third-order valence-electron chi connectivity index (χ3n) is 2.69. The summed E-state index contributed by atoms with van der Waals surface area (Å²) in [5.41, 5.74) is 5.84. The van der Waals surface area contributed by atoms with Crippen molar-refractivity contribution in [1.82, 2.24) is 9.78 Å². The van der Waals surface area contributed by atoms with Crippen LogP contribution in [0.4, 0.5) is 0 Å². The topological polar surface area (TPSA) is 43.8 Å². The summed E-state index contributed by atoms with van der Waals surface area (Å²) in [7, 11) is 0. The van der Waals surface area contributed by atoms with Gasteiger partial charge in [0.05, 0.1) is 16.7 Å². The first-order chi connectivity index (χ1) is 6.25. The minimum absolute atomic E-state index is 0.412. The summed E-state index contributed by atoms with van der Waals surface area (Å²) >= 11 is 3.40. The Morgan fingerprint density at radius 1 is 1.38 bits per heavy atom. The average molecular weight is 244 g/mol. The quantitative estimate of drug-likeness (QED) is 0.821. The van der Waals surface area contributed by atoms with E-state index in [2.05, 4.69) is 25.7 Å². The molecule has 0 atom stereocenters. The molecule has 0 spiro atoms. The molecule has 0 bridgehead atoms. The lowest BCUT2D eigenvalue weighted by Gasteiger charge is -2.26. The number of rotatable bonds is 1. The molecule has 4 heteroatoms. The Labute approximate surface area is 86.4 Å². The Bertz CT molecular complexity index is 276. The summed E-state index contributed by atoms with van der Waals surface area (Å²) in [5, 5.41) is 4.29. The third kappa shape index (κ3) is 2.11. The van der Waals surface area contributed by atoms with Gasteiger partial charge >= 0.3 is 0 Å². The SMILES string of the molecule is NC1CCC(n2cc(Br)cn2)CC1. The van der Waals surface area contributed by atoms with Crippen molar-refractivity contribution in [3.05, 3.63) is 16.9 Å². The molecule has 13 heavy (non-hydrogen) atoms. The number of hydrogen-bond donors (Lipinski definition) is 1. The van der Waals surface area contributed by atoms with Gasteiger partial charge in [-0.3, -0.25) is 4.68 Å². The van der Waals surface area contributed by atoms with Gasteiger partial charge < -0.3 is 5.73 Å². The van der Waals surface area contributed by atoms with Gasteiger partial charge in [-0.05, 0) is 41.6 Å². The molecule has 1 fully saturated rings. The molecule has 0 saturated heterocycles. The summed E-state index contributed by atoms with van der Waals surface area (Å²) in [4.78, 5) is 0. The zero-order valence-electron chi connectivity index (χ0n) is 7.49. The molecule has 2 rings (SSSR count). The zero-order chi connectivity index (χ0) is 9.26. The molecule has 1 aliphatic carbocycles. The van der Waals surface area contributed by atoms with Crippen molar-refractivity contribution in [3.63, 3.8) is 0 Å². The second kappa shape index (κ2) is 3.80. The van der Waals surface area contributed by atoms with E-state index in [-0.39, 0.29) is 0 Å². The minimum atomic E-state index is 0.412. The largest absolute Gasteiger partial charge is 0.328 e.